The van der Waals surface area contributed by atoms with Gasteiger partial charge in [-0.15, -0.1) is 0 Å². The summed E-state index contributed by atoms with van der Waals surface area (Å²) in [6, 6.07) is 25.0. The maximum absolute atomic E-state index is 14.7. The van der Waals surface area contributed by atoms with Gasteiger partial charge in [0.15, 0.2) is 17.3 Å². The van der Waals surface area contributed by atoms with Crippen LogP contribution in [0.1, 0.15) is 48.1 Å². The third kappa shape index (κ3) is 3.38. The zero-order valence-corrected chi connectivity index (χ0v) is 22.5. The summed E-state index contributed by atoms with van der Waals surface area (Å²) in [4.78, 5) is 57.2. The van der Waals surface area contributed by atoms with Gasteiger partial charge in [0.05, 0.1) is 18.1 Å². The van der Waals surface area contributed by atoms with Crippen LogP contribution >= 0.6 is 0 Å². The summed E-state index contributed by atoms with van der Waals surface area (Å²) in [6.07, 6.45) is 3.71. The Morgan fingerprint density at radius 3 is 2.21 bits per heavy atom. The van der Waals surface area contributed by atoms with Crippen molar-refractivity contribution >= 4 is 34.8 Å². The van der Waals surface area contributed by atoms with Crippen molar-refractivity contribution in [2.24, 2.45) is 5.41 Å². The van der Waals surface area contributed by atoms with E-state index in [9.17, 15) is 24.5 Å². The number of Topliss-reactive ketones (excluding diaryl/α,β-unsaturated/α-hetero) is 3. The number of nitro benzene ring substituents is 1. The molecule has 1 aliphatic carbocycles. The molecule has 7 rings (SSSR count). The molecule has 42 heavy (non-hydrogen) atoms. The first-order valence-electron chi connectivity index (χ1n) is 13.5. The Balaban J connectivity index is 1.54. The highest BCUT2D eigenvalue weighted by Gasteiger charge is 2.71. The fraction of sp³-hybridized carbons (Fsp3) is 0.147. The first-order chi connectivity index (χ1) is 20.4. The number of benzene rings is 4. The van der Waals surface area contributed by atoms with E-state index in [0.717, 1.165) is 5.56 Å². The standard InChI is InChI=1S/C34H24N2O6/c1-42-24-16-13-21(14-17-24)31(37)30-29(22-8-6-9-23(19-22)36(40)41)34(32(38)25-10-3-4-11-26(25)33(34)39)28-18-15-20-7-2-5-12-27(20)35(28)30/h2-19,28-30H,1H3. The molecule has 0 aromatic heterocycles. The van der Waals surface area contributed by atoms with E-state index < -0.39 is 28.3 Å². The van der Waals surface area contributed by atoms with Gasteiger partial charge in [0.25, 0.3) is 5.69 Å². The highest BCUT2D eigenvalue weighted by Crippen LogP contribution is 2.61. The average Bonchev–Trinajstić information content (AvgIpc) is 3.47. The topological polar surface area (TPSA) is 107 Å². The van der Waals surface area contributed by atoms with Gasteiger partial charge in [0, 0.05) is 40.4 Å². The summed E-state index contributed by atoms with van der Waals surface area (Å²) in [5.74, 6) is -1.53. The summed E-state index contributed by atoms with van der Waals surface area (Å²) in [6.45, 7) is 0. The zero-order chi connectivity index (χ0) is 29.2. The van der Waals surface area contributed by atoms with Gasteiger partial charge in [-0.3, -0.25) is 24.5 Å². The van der Waals surface area contributed by atoms with Crippen LogP contribution < -0.4 is 9.64 Å². The predicted octanol–water partition coefficient (Wildman–Crippen LogP) is 5.92. The number of hydrogen-bond acceptors (Lipinski definition) is 7. The molecule has 4 aromatic carbocycles. The lowest BCUT2D eigenvalue weighted by Gasteiger charge is -2.37. The molecule has 2 aliphatic heterocycles. The van der Waals surface area contributed by atoms with Crippen molar-refractivity contribution in [3.63, 3.8) is 0 Å². The van der Waals surface area contributed by atoms with Crippen molar-refractivity contribution in [1.82, 2.24) is 0 Å². The van der Waals surface area contributed by atoms with Crippen LogP contribution in [0, 0.1) is 15.5 Å². The molecule has 0 bridgehead atoms. The van der Waals surface area contributed by atoms with Crippen LogP contribution in [-0.4, -0.2) is 41.5 Å². The zero-order valence-electron chi connectivity index (χ0n) is 22.5. The molecule has 4 aromatic rings. The Labute approximate surface area is 241 Å². The van der Waals surface area contributed by atoms with Crippen LogP contribution in [0.3, 0.4) is 0 Å². The van der Waals surface area contributed by atoms with Crippen LogP contribution in [0.15, 0.2) is 103 Å². The number of ketones is 3. The molecule has 1 fully saturated rings. The molecule has 0 radical (unpaired) electrons. The third-order valence-electron chi connectivity index (χ3n) is 8.80. The molecule has 0 N–H and O–H groups in total. The van der Waals surface area contributed by atoms with Crippen molar-refractivity contribution in [1.29, 1.82) is 0 Å². The SMILES string of the molecule is COc1ccc(C(=O)C2C(c3cccc([N+](=O)[O-])c3)C3(C(=O)c4ccccc4C3=O)C3C=Cc4ccccc4N23)cc1. The van der Waals surface area contributed by atoms with Gasteiger partial charge < -0.3 is 9.64 Å². The minimum Gasteiger partial charge on any atom is -0.497 e. The monoisotopic (exact) mass is 556 g/mol. The van der Waals surface area contributed by atoms with Crippen molar-refractivity contribution in [2.75, 3.05) is 12.0 Å². The lowest BCUT2D eigenvalue weighted by molar-refractivity contribution is -0.384. The second kappa shape index (κ2) is 9.34. The lowest BCUT2D eigenvalue weighted by atomic mass is 9.64. The number of para-hydroxylation sites is 1. The van der Waals surface area contributed by atoms with E-state index in [1.807, 2.05) is 41.3 Å². The van der Waals surface area contributed by atoms with E-state index in [1.54, 1.807) is 54.6 Å². The molecule has 1 saturated heterocycles. The maximum atomic E-state index is 14.7. The summed E-state index contributed by atoms with van der Waals surface area (Å²) < 4.78 is 5.29. The Morgan fingerprint density at radius 1 is 0.881 bits per heavy atom. The molecule has 2 heterocycles. The van der Waals surface area contributed by atoms with Crippen molar-refractivity contribution in [2.45, 2.75) is 18.0 Å². The molecule has 1 spiro atoms. The Bertz CT molecular complexity index is 1810. The molecular formula is C34H24N2O6. The highest BCUT2D eigenvalue weighted by molar-refractivity contribution is 6.32. The number of anilines is 1. The van der Waals surface area contributed by atoms with Gasteiger partial charge >= 0.3 is 0 Å². The number of methoxy groups -OCH3 is 1. The number of ether oxygens (including phenoxy) is 1. The van der Waals surface area contributed by atoms with E-state index in [0.29, 0.717) is 33.7 Å². The Kier molecular flexibility index (Phi) is 5.69. The molecule has 3 unspecified atom stereocenters. The number of non-ortho nitro benzene ring substituents is 1. The second-order valence-corrected chi connectivity index (χ2v) is 10.7. The minimum absolute atomic E-state index is 0.186. The summed E-state index contributed by atoms with van der Waals surface area (Å²) in [5.41, 5.74) is 0.975. The summed E-state index contributed by atoms with van der Waals surface area (Å²) in [5, 5.41) is 11.9. The van der Waals surface area contributed by atoms with E-state index in [4.69, 9.17) is 4.74 Å². The van der Waals surface area contributed by atoms with E-state index in [1.165, 1.54) is 25.3 Å². The molecule has 0 amide bonds. The van der Waals surface area contributed by atoms with Gasteiger partial charge in [-0.25, -0.2) is 0 Å². The normalized spacial score (nSPS) is 21.2. The number of carbonyl (C=O) groups is 3. The number of carbonyl (C=O) groups excluding carboxylic acids is 3. The minimum atomic E-state index is -1.73. The van der Waals surface area contributed by atoms with Crippen LogP contribution in [0.4, 0.5) is 11.4 Å². The van der Waals surface area contributed by atoms with Gasteiger partial charge in [-0.05, 0) is 41.5 Å². The van der Waals surface area contributed by atoms with Crippen LogP contribution in [-0.2, 0) is 0 Å². The number of hydrogen-bond donors (Lipinski definition) is 0. The highest BCUT2D eigenvalue weighted by atomic mass is 16.6. The van der Waals surface area contributed by atoms with Crippen LogP contribution in [0.2, 0.25) is 0 Å². The largest absolute Gasteiger partial charge is 0.497 e. The number of nitro groups is 1. The van der Waals surface area contributed by atoms with Crippen molar-refractivity contribution in [3.8, 4) is 5.75 Å². The van der Waals surface area contributed by atoms with Gasteiger partial charge in [-0.2, -0.15) is 0 Å². The number of fused-ring (bicyclic) bond motifs is 5. The van der Waals surface area contributed by atoms with Crippen LogP contribution in [0.25, 0.3) is 6.08 Å². The van der Waals surface area contributed by atoms with Gasteiger partial charge in [-0.1, -0.05) is 66.7 Å². The van der Waals surface area contributed by atoms with Gasteiger partial charge in [0.2, 0.25) is 0 Å². The average molecular weight is 557 g/mol. The van der Waals surface area contributed by atoms with E-state index in [-0.39, 0.29) is 23.0 Å². The quantitative estimate of drug-likeness (QED) is 0.130. The molecular weight excluding hydrogens is 532 g/mol. The molecule has 206 valence electrons. The Hall–Kier alpha value is -5.37. The van der Waals surface area contributed by atoms with E-state index >= 15 is 0 Å². The lowest BCUT2D eigenvalue weighted by Crippen LogP contribution is -2.48. The fourth-order valence-electron chi connectivity index (χ4n) is 7.05. The Morgan fingerprint density at radius 2 is 1.55 bits per heavy atom. The van der Waals surface area contributed by atoms with E-state index in [2.05, 4.69) is 0 Å². The number of nitrogens with zero attached hydrogens (tertiary/aromatic N) is 2. The maximum Gasteiger partial charge on any atom is 0.269 e. The van der Waals surface area contributed by atoms with Crippen molar-refractivity contribution in [3.05, 3.63) is 141 Å². The predicted molar refractivity (Wildman–Crippen MR) is 156 cm³/mol. The fourth-order valence-corrected chi connectivity index (χ4v) is 7.05. The smallest absolute Gasteiger partial charge is 0.269 e. The first-order valence-corrected chi connectivity index (χ1v) is 13.5. The molecule has 8 nitrogen and oxygen atoms in total. The second-order valence-electron chi connectivity index (χ2n) is 10.7. The summed E-state index contributed by atoms with van der Waals surface area (Å²) >= 11 is 0. The van der Waals surface area contributed by atoms with Crippen LogP contribution in [0.5, 0.6) is 5.75 Å². The molecule has 0 saturated carbocycles. The van der Waals surface area contributed by atoms with Gasteiger partial charge in [0.1, 0.15) is 17.2 Å². The molecule has 3 atom stereocenters. The molecule has 3 aliphatic rings. The van der Waals surface area contributed by atoms with Crippen molar-refractivity contribution < 1.29 is 24.0 Å². The summed E-state index contributed by atoms with van der Waals surface area (Å²) in [7, 11) is 1.53. The molecule has 8 heteroatoms. The number of rotatable bonds is 5. The third-order valence-corrected chi connectivity index (χ3v) is 8.80. The first kappa shape index (κ1) is 25.6.